The van der Waals surface area contributed by atoms with Crippen molar-refractivity contribution in [3.63, 3.8) is 0 Å². The van der Waals surface area contributed by atoms with Crippen molar-refractivity contribution in [1.82, 2.24) is 15.0 Å². The van der Waals surface area contributed by atoms with E-state index in [9.17, 15) is 4.79 Å². The molecule has 3 aromatic heterocycles. The second-order valence-electron chi connectivity index (χ2n) is 7.37. The fraction of sp³-hybridized carbons (Fsp3) is 0.286. The Kier molecular flexibility index (Phi) is 4.40. The fourth-order valence-electron chi connectivity index (χ4n) is 3.35. The predicted molar refractivity (Wildman–Crippen MR) is 107 cm³/mol. The Morgan fingerprint density at radius 2 is 2.18 bits per heavy atom. The van der Waals surface area contributed by atoms with Crippen molar-refractivity contribution in [2.75, 3.05) is 11.1 Å². The number of aromatic nitrogens is 3. The summed E-state index contributed by atoms with van der Waals surface area (Å²) in [6.07, 6.45) is 5.78. The molecule has 0 bridgehead atoms. The summed E-state index contributed by atoms with van der Waals surface area (Å²) in [4.78, 5) is 25.3. The van der Waals surface area contributed by atoms with Crippen molar-refractivity contribution < 1.29 is 4.79 Å². The van der Waals surface area contributed by atoms with Crippen LogP contribution in [0.1, 0.15) is 31.7 Å². The summed E-state index contributed by atoms with van der Waals surface area (Å²) in [5, 5.41) is 13.2. The second-order valence-corrected chi connectivity index (χ2v) is 7.37. The van der Waals surface area contributed by atoms with E-state index >= 15 is 0 Å². The highest BCUT2D eigenvalue weighted by atomic mass is 16.2. The van der Waals surface area contributed by atoms with Crippen LogP contribution in [0.4, 0.5) is 11.6 Å². The zero-order chi connectivity index (χ0) is 19.8. The number of hydrogen-bond donors (Lipinski definition) is 2. The van der Waals surface area contributed by atoms with E-state index in [0.717, 1.165) is 27.6 Å². The minimum atomic E-state index is -0.246. The van der Waals surface area contributed by atoms with Gasteiger partial charge in [-0.2, -0.15) is 5.26 Å². The van der Waals surface area contributed by atoms with Crippen molar-refractivity contribution in [2.24, 2.45) is 11.8 Å². The standard InChI is InChI=1S/C21H20N6O/c1-11(2)14-3-4-24-9-17(14)18-6-12-7-19(25-10-16(12)20(23)26-18)27-21(28)15-5-13(15)8-22/h3-4,6-7,9-11,13,15H,5H2,1-2H3,(H2,23,26)(H,25,27,28)/t13-,15+/m0/s1. The number of carbonyl (C=O) groups excluding carboxylic acids is 1. The molecule has 1 fully saturated rings. The molecule has 3 aromatic rings. The van der Waals surface area contributed by atoms with Crippen molar-refractivity contribution in [1.29, 1.82) is 5.26 Å². The lowest BCUT2D eigenvalue weighted by molar-refractivity contribution is -0.117. The van der Waals surface area contributed by atoms with Gasteiger partial charge < -0.3 is 11.1 Å². The van der Waals surface area contributed by atoms with Gasteiger partial charge in [0.25, 0.3) is 0 Å². The summed E-state index contributed by atoms with van der Waals surface area (Å²) in [6.45, 7) is 4.24. The molecule has 0 radical (unpaired) electrons. The molecule has 7 heteroatoms. The Morgan fingerprint density at radius 3 is 2.89 bits per heavy atom. The Hall–Kier alpha value is -3.53. The predicted octanol–water partition coefficient (Wildman–Crippen LogP) is 3.50. The van der Waals surface area contributed by atoms with E-state index in [4.69, 9.17) is 11.0 Å². The van der Waals surface area contributed by atoms with Crippen molar-refractivity contribution >= 4 is 28.3 Å². The Labute approximate surface area is 162 Å². The van der Waals surface area contributed by atoms with Gasteiger partial charge in [-0.05, 0) is 41.5 Å². The van der Waals surface area contributed by atoms with E-state index < -0.39 is 0 Å². The summed E-state index contributed by atoms with van der Waals surface area (Å²) in [5.41, 5.74) is 8.98. The number of nitrogens with zero attached hydrogens (tertiary/aromatic N) is 4. The number of nitrogens with two attached hydrogens (primary N) is 1. The zero-order valence-corrected chi connectivity index (χ0v) is 15.7. The third-order valence-electron chi connectivity index (χ3n) is 5.04. The third kappa shape index (κ3) is 3.25. The first-order valence-corrected chi connectivity index (χ1v) is 9.19. The molecule has 140 valence electrons. The van der Waals surface area contributed by atoms with Crippen LogP contribution in [0.2, 0.25) is 0 Å². The molecular weight excluding hydrogens is 352 g/mol. The Bertz CT molecular complexity index is 1120. The fourth-order valence-corrected chi connectivity index (χ4v) is 3.35. The van der Waals surface area contributed by atoms with E-state index in [-0.39, 0.29) is 17.7 Å². The minimum absolute atomic E-state index is 0.171. The molecular formula is C21H20N6O. The summed E-state index contributed by atoms with van der Waals surface area (Å²) in [5.74, 6) is 0.526. The number of fused-ring (bicyclic) bond motifs is 1. The van der Waals surface area contributed by atoms with E-state index in [1.165, 1.54) is 0 Å². The quantitative estimate of drug-likeness (QED) is 0.724. The first-order valence-electron chi connectivity index (χ1n) is 9.19. The van der Waals surface area contributed by atoms with Gasteiger partial charge in [-0.25, -0.2) is 9.97 Å². The highest BCUT2D eigenvalue weighted by Crippen LogP contribution is 2.38. The average Bonchev–Trinajstić information content (AvgIpc) is 3.47. The molecule has 1 amide bonds. The van der Waals surface area contributed by atoms with Crippen LogP contribution in [-0.2, 0) is 4.79 Å². The average molecular weight is 372 g/mol. The molecule has 28 heavy (non-hydrogen) atoms. The second kappa shape index (κ2) is 6.89. The van der Waals surface area contributed by atoms with Gasteiger partial charge in [0.05, 0.1) is 23.6 Å². The minimum Gasteiger partial charge on any atom is -0.383 e. The first-order chi connectivity index (χ1) is 13.5. The lowest BCUT2D eigenvalue weighted by Gasteiger charge is -2.13. The largest absolute Gasteiger partial charge is 0.383 e. The van der Waals surface area contributed by atoms with Crippen LogP contribution in [-0.4, -0.2) is 20.9 Å². The number of carbonyl (C=O) groups is 1. The van der Waals surface area contributed by atoms with Gasteiger partial charge in [-0.1, -0.05) is 13.8 Å². The SMILES string of the molecule is CC(C)c1ccncc1-c1cc2cc(NC(=O)[C@@H]3C[C@H]3C#N)ncc2c(N)n1. The van der Waals surface area contributed by atoms with E-state index in [1.54, 1.807) is 24.7 Å². The molecule has 1 aliphatic rings. The van der Waals surface area contributed by atoms with Gasteiger partial charge in [-0.15, -0.1) is 0 Å². The number of amides is 1. The zero-order valence-electron chi connectivity index (χ0n) is 15.7. The number of rotatable bonds is 4. The number of anilines is 2. The summed E-state index contributed by atoms with van der Waals surface area (Å²) in [7, 11) is 0. The normalized spacial score (nSPS) is 18.1. The maximum absolute atomic E-state index is 12.2. The topological polar surface area (TPSA) is 118 Å². The number of nitriles is 1. The molecule has 0 saturated heterocycles. The van der Waals surface area contributed by atoms with E-state index in [1.807, 2.05) is 12.1 Å². The van der Waals surface area contributed by atoms with Crippen LogP contribution in [0, 0.1) is 23.2 Å². The third-order valence-corrected chi connectivity index (χ3v) is 5.04. The van der Waals surface area contributed by atoms with Crippen molar-refractivity contribution in [3.8, 4) is 17.3 Å². The van der Waals surface area contributed by atoms with Gasteiger partial charge in [0, 0.05) is 29.5 Å². The van der Waals surface area contributed by atoms with Crippen LogP contribution in [0.3, 0.4) is 0 Å². The molecule has 1 aliphatic carbocycles. The molecule has 0 unspecified atom stereocenters. The molecule has 0 aliphatic heterocycles. The van der Waals surface area contributed by atoms with Crippen molar-refractivity contribution in [2.45, 2.75) is 26.2 Å². The summed E-state index contributed by atoms with van der Waals surface area (Å²) in [6, 6.07) is 7.82. The molecule has 3 heterocycles. The van der Waals surface area contributed by atoms with Crippen molar-refractivity contribution in [3.05, 3.63) is 42.4 Å². The molecule has 1 saturated carbocycles. The molecule has 0 spiro atoms. The summed E-state index contributed by atoms with van der Waals surface area (Å²) >= 11 is 0. The maximum Gasteiger partial charge on any atom is 0.230 e. The monoisotopic (exact) mass is 372 g/mol. The van der Waals surface area contributed by atoms with Gasteiger partial charge in [0.1, 0.15) is 11.6 Å². The highest BCUT2D eigenvalue weighted by Gasteiger charge is 2.43. The molecule has 0 aromatic carbocycles. The van der Waals surface area contributed by atoms with Gasteiger partial charge >= 0.3 is 0 Å². The van der Waals surface area contributed by atoms with Gasteiger partial charge in [0.2, 0.25) is 5.91 Å². The number of pyridine rings is 3. The number of hydrogen-bond acceptors (Lipinski definition) is 6. The van der Waals surface area contributed by atoms with Crippen LogP contribution in [0.5, 0.6) is 0 Å². The lowest BCUT2D eigenvalue weighted by Crippen LogP contribution is -2.15. The Balaban J connectivity index is 1.71. The van der Waals surface area contributed by atoms with E-state index in [0.29, 0.717) is 24.0 Å². The highest BCUT2D eigenvalue weighted by molar-refractivity contribution is 5.98. The Morgan fingerprint density at radius 1 is 1.36 bits per heavy atom. The summed E-state index contributed by atoms with van der Waals surface area (Å²) < 4.78 is 0. The molecule has 4 rings (SSSR count). The smallest absolute Gasteiger partial charge is 0.230 e. The van der Waals surface area contributed by atoms with Crippen LogP contribution >= 0.6 is 0 Å². The van der Waals surface area contributed by atoms with Crippen LogP contribution in [0.15, 0.2) is 36.8 Å². The lowest BCUT2D eigenvalue weighted by atomic mass is 9.96. The number of nitrogens with one attached hydrogen (secondary N) is 1. The number of nitrogen functional groups attached to an aromatic ring is 1. The first kappa shape index (κ1) is 17.9. The van der Waals surface area contributed by atoms with Gasteiger partial charge in [0.15, 0.2) is 0 Å². The molecule has 7 nitrogen and oxygen atoms in total. The maximum atomic E-state index is 12.2. The van der Waals surface area contributed by atoms with Gasteiger partial charge in [-0.3, -0.25) is 9.78 Å². The van der Waals surface area contributed by atoms with Crippen LogP contribution in [0.25, 0.3) is 22.0 Å². The van der Waals surface area contributed by atoms with E-state index in [2.05, 4.69) is 40.2 Å². The molecule has 3 N–H and O–H groups in total. The molecule has 2 atom stereocenters. The van der Waals surface area contributed by atoms with Crippen LogP contribution < -0.4 is 11.1 Å².